The van der Waals surface area contributed by atoms with Gasteiger partial charge in [0, 0.05) is 6.54 Å². The number of carboxylic acid groups (broad SMARTS) is 1. The summed E-state index contributed by atoms with van der Waals surface area (Å²) in [6.07, 6.45) is 3.71. The van der Waals surface area contributed by atoms with Gasteiger partial charge in [-0.2, -0.15) is 5.10 Å². The van der Waals surface area contributed by atoms with Crippen molar-refractivity contribution in [1.82, 2.24) is 15.1 Å². The first-order chi connectivity index (χ1) is 11.2. The zero-order valence-electron chi connectivity index (χ0n) is 12.9. The first kappa shape index (κ1) is 15.6. The second-order valence-corrected chi connectivity index (χ2v) is 5.83. The molecule has 1 saturated heterocycles. The monoisotopic (exact) mass is 315 g/mol. The van der Waals surface area contributed by atoms with Crippen LogP contribution < -0.4 is 10.1 Å². The van der Waals surface area contributed by atoms with Crippen LogP contribution in [-0.4, -0.2) is 33.9 Å². The van der Waals surface area contributed by atoms with Crippen molar-refractivity contribution >= 4 is 5.97 Å². The highest BCUT2D eigenvalue weighted by Gasteiger charge is 2.22. The van der Waals surface area contributed by atoms with Crippen LogP contribution >= 0.6 is 0 Å². The smallest absolute Gasteiger partial charge is 0.358 e. The Balaban J connectivity index is 1.71. The number of piperidine rings is 1. The molecule has 2 heterocycles. The Bertz CT molecular complexity index is 648. The van der Waals surface area contributed by atoms with Gasteiger partial charge in [-0.15, -0.1) is 0 Å². The number of rotatable bonds is 6. The number of carbonyl (C=O) groups is 1. The van der Waals surface area contributed by atoms with Crippen molar-refractivity contribution in [3.05, 3.63) is 47.8 Å². The summed E-state index contributed by atoms with van der Waals surface area (Å²) in [6, 6.07) is 9.67. The summed E-state index contributed by atoms with van der Waals surface area (Å²) in [5, 5.41) is 17.1. The van der Waals surface area contributed by atoms with Gasteiger partial charge < -0.3 is 15.2 Å². The minimum atomic E-state index is -1.01. The maximum atomic E-state index is 11.6. The van der Waals surface area contributed by atoms with E-state index in [2.05, 4.69) is 10.4 Å². The van der Waals surface area contributed by atoms with Crippen molar-refractivity contribution in [2.45, 2.75) is 26.0 Å². The molecule has 0 saturated carbocycles. The first-order valence-corrected chi connectivity index (χ1v) is 7.90. The van der Waals surface area contributed by atoms with E-state index in [1.54, 1.807) is 4.68 Å². The van der Waals surface area contributed by atoms with Crippen LogP contribution in [0.25, 0.3) is 0 Å². The molecule has 2 aromatic rings. The van der Waals surface area contributed by atoms with Crippen LogP contribution in [0, 0.1) is 5.92 Å². The van der Waals surface area contributed by atoms with Crippen molar-refractivity contribution in [2.24, 2.45) is 5.92 Å². The highest BCUT2D eigenvalue weighted by molar-refractivity contribution is 5.88. The lowest BCUT2D eigenvalue weighted by Crippen LogP contribution is -2.33. The van der Waals surface area contributed by atoms with Crippen LogP contribution in [-0.2, 0) is 13.2 Å². The molecule has 0 bridgehead atoms. The van der Waals surface area contributed by atoms with Crippen molar-refractivity contribution < 1.29 is 14.6 Å². The Hall–Kier alpha value is -2.34. The third-order valence-electron chi connectivity index (χ3n) is 4.08. The second-order valence-electron chi connectivity index (χ2n) is 5.83. The second kappa shape index (κ2) is 7.28. The SMILES string of the molecule is O=C(O)c1c(OCc2ccccc2)cnn1CC1CCCNC1. The molecule has 1 aromatic heterocycles. The minimum absolute atomic E-state index is 0.131. The van der Waals surface area contributed by atoms with E-state index in [0.29, 0.717) is 24.8 Å². The maximum Gasteiger partial charge on any atom is 0.358 e. The molecule has 0 radical (unpaired) electrons. The molecule has 23 heavy (non-hydrogen) atoms. The van der Waals surface area contributed by atoms with Crippen LogP contribution in [0.3, 0.4) is 0 Å². The molecule has 1 aliphatic heterocycles. The van der Waals surface area contributed by atoms with Gasteiger partial charge >= 0.3 is 5.97 Å². The number of carboxylic acids is 1. The van der Waals surface area contributed by atoms with E-state index in [1.807, 2.05) is 30.3 Å². The van der Waals surface area contributed by atoms with Crippen molar-refractivity contribution in [2.75, 3.05) is 13.1 Å². The Morgan fingerprint density at radius 1 is 1.39 bits per heavy atom. The quantitative estimate of drug-likeness (QED) is 0.854. The van der Waals surface area contributed by atoms with Gasteiger partial charge in [-0.25, -0.2) is 4.79 Å². The van der Waals surface area contributed by atoms with E-state index in [9.17, 15) is 9.90 Å². The van der Waals surface area contributed by atoms with Gasteiger partial charge in [-0.3, -0.25) is 4.68 Å². The van der Waals surface area contributed by atoms with Gasteiger partial charge in [0.25, 0.3) is 0 Å². The summed E-state index contributed by atoms with van der Waals surface area (Å²) < 4.78 is 7.23. The number of nitrogens with zero attached hydrogens (tertiary/aromatic N) is 2. The number of hydrogen-bond donors (Lipinski definition) is 2. The lowest BCUT2D eigenvalue weighted by molar-refractivity contribution is 0.0675. The zero-order valence-corrected chi connectivity index (χ0v) is 12.9. The number of benzene rings is 1. The molecule has 1 atom stereocenters. The summed E-state index contributed by atoms with van der Waals surface area (Å²) in [5.41, 5.74) is 1.12. The Kier molecular flexibility index (Phi) is 4.92. The molecule has 0 amide bonds. The van der Waals surface area contributed by atoms with E-state index in [4.69, 9.17) is 4.74 Å². The molecule has 1 aromatic carbocycles. The van der Waals surface area contributed by atoms with Crippen LogP contribution in [0.15, 0.2) is 36.5 Å². The van der Waals surface area contributed by atoms with E-state index in [1.165, 1.54) is 6.20 Å². The molecule has 0 aliphatic carbocycles. The lowest BCUT2D eigenvalue weighted by Gasteiger charge is -2.22. The molecule has 2 N–H and O–H groups in total. The van der Waals surface area contributed by atoms with Crippen molar-refractivity contribution in [3.8, 4) is 5.75 Å². The average Bonchev–Trinajstić information content (AvgIpc) is 2.98. The van der Waals surface area contributed by atoms with Gasteiger partial charge in [-0.05, 0) is 37.4 Å². The molecule has 1 fully saturated rings. The largest absolute Gasteiger partial charge is 0.485 e. The highest BCUT2D eigenvalue weighted by Crippen LogP contribution is 2.22. The van der Waals surface area contributed by atoms with Gasteiger partial charge in [0.1, 0.15) is 6.61 Å². The summed E-state index contributed by atoms with van der Waals surface area (Å²) >= 11 is 0. The molecular formula is C17H21N3O3. The van der Waals surface area contributed by atoms with Crippen molar-refractivity contribution in [3.63, 3.8) is 0 Å². The topological polar surface area (TPSA) is 76.4 Å². The molecule has 122 valence electrons. The van der Waals surface area contributed by atoms with Crippen LogP contribution in [0.4, 0.5) is 0 Å². The van der Waals surface area contributed by atoms with Crippen LogP contribution in [0.2, 0.25) is 0 Å². The fraction of sp³-hybridized carbons (Fsp3) is 0.412. The normalized spacial score (nSPS) is 17.8. The summed E-state index contributed by atoms with van der Waals surface area (Å²) in [5.74, 6) is -0.275. The Morgan fingerprint density at radius 3 is 2.91 bits per heavy atom. The van der Waals surface area contributed by atoms with Gasteiger partial charge in [0.15, 0.2) is 11.4 Å². The Labute approximate surface area is 135 Å². The molecule has 1 unspecified atom stereocenters. The predicted molar refractivity (Wildman–Crippen MR) is 85.6 cm³/mol. The molecule has 3 rings (SSSR count). The minimum Gasteiger partial charge on any atom is -0.485 e. The van der Waals surface area contributed by atoms with Crippen molar-refractivity contribution in [1.29, 1.82) is 0 Å². The third kappa shape index (κ3) is 3.90. The third-order valence-corrected chi connectivity index (χ3v) is 4.08. The van der Waals surface area contributed by atoms with E-state index < -0.39 is 5.97 Å². The molecule has 6 heteroatoms. The predicted octanol–water partition coefficient (Wildman–Crippen LogP) is 2.16. The van der Waals surface area contributed by atoms with E-state index >= 15 is 0 Å². The summed E-state index contributed by atoms with van der Waals surface area (Å²) in [4.78, 5) is 11.6. The number of hydrogen-bond acceptors (Lipinski definition) is 4. The number of aromatic carboxylic acids is 1. The van der Waals surface area contributed by atoms with Crippen LogP contribution in [0.1, 0.15) is 28.9 Å². The molecule has 6 nitrogen and oxygen atoms in total. The number of aromatic nitrogens is 2. The molecular weight excluding hydrogens is 294 g/mol. The standard InChI is InChI=1S/C17H21N3O3/c21-17(22)16-15(23-12-13-5-2-1-3-6-13)10-19-20(16)11-14-7-4-8-18-9-14/h1-3,5-6,10,14,18H,4,7-9,11-12H2,(H,21,22). The van der Waals surface area contributed by atoms with Gasteiger partial charge in [0.05, 0.1) is 6.20 Å². The maximum absolute atomic E-state index is 11.6. The first-order valence-electron chi connectivity index (χ1n) is 7.90. The van der Waals surface area contributed by atoms with E-state index in [0.717, 1.165) is 31.5 Å². The summed E-state index contributed by atoms with van der Waals surface area (Å²) in [6.45, 7) is 2.87. The number of ether oxygens (including phenoxy) is 1. The summed E-state index contributed by atoms with van der Waals surface area (Å²) in [7, 11) is 0. The van der Waals surface area contributed by atoms with Gasteiger partial charge in [-0.1, -0.05) is 30.3 Å². The fourth-order valence-corrected chi connectivity index (χ4v) is 2.89. The molecule has 0 spiro atoms. The van der Waals surface area contributed by atoms with E-state index in [-0.39, 0.29) is 5.69 Å². The fourth-order valence-electron chi connectivity index (χ4n) is 2.89. The highest BCUT2D eigenvalue weighted by atomic mass is 16.5. The molecule has 1 aliphatic rings. The number of nitrogens with one attached hydrogen (secondary N) is 1. The lowest BCUT2D eigenvalue weighted by atomic mass is 10.00. The Morgan fingerprint density at radius 2 is 2.22 bits per heavy atom. The average molecular weight is 315 g/mol. The zero-order chi connectivity index (χ0) is 16.1. The van der Waals surface area contributed by atoms with Crippen LogP contribution in [0.5, 0.6) is 5.75 Å². The van der Waals surface area contributed by atoms with Gasteiger partial charge in [0.2, 0.25) is 0 Å².